The molecule has 1 aliphatic rings. The van der Waals surface area contributed by atoms with Crippen LogP contribution in [0.5, 0.6) is 0 Å². The number of amidine groups is 1. The van der Waals surface area contributed by atoms with Gasteiger partial charge in [-0.15, -0.1) is 0 Å². The minimum Gasteiger partial charge on any atom is -0.509 e. The van der Waals surface area contributed by atoms with Gasteiger partial charge in [0.05, 0.1) is 33.2 Å². The van der Waals surface area contributed by atoms with Crippen LogP contribution in [0.15, 0.2) is 48.2 Å². The fourth-order valence-electron chi connectivity index (χ4n) is 2.77. The number of H-pyrrole nitrogens is 1. The predicted octanol–water partition coefficient (Wildman–Crippen LogP) is 4.64. The first-order valence-corrected chi connectivity index (χ1v) is 7.99. The van der Waals surface area contributed by atoms with E-state index in [4.69, 9.17) is 28.6 Å². The average Bonchev–Trinajstić information content (AvgIpc) is 3.10. The molecule has 0 bridgehead atoms. The molecule has 0 radical (unpaired) electrons. The topological polar surface area (TPSA) is 76.0 Å². The van der Waals surface area contributed by atoms with E-state index < -0.39 is 0 Å². The van der Waals surface area contributed by atoms with E-state index in [-0.39, 0.29) is 18.1 Å². The van der Waals surface area contributed by atoms with Crippen LogP contribution in [0.1, 0.15) is 5.82 Å². The summed E-state index contributed by atoms with van der Waals surface area (Å²) in [7, 11) is 0. The Morgan fingerprint density at radius 1 is 1.12 bits per heavy atom. The van der Waals surface area contributed by atoms with Gasteiger partial charge in [0.15, 0.2) is 0 Å². The number of nitrogens with zero attached hydrogens (tertiary/aromatic N) is 2. The Labute approximate surface area is 147 Å². The molecule has 3 N–H and O–H groups in total. The van der Waals surface area contributed by atoms with E-state index >= 15 is 0 Å². The first kappa shape index (κ1) is 15.1. The second-order valence-electron chi connectivity index (χ2n) is 5.46. The van der Waals surface area contributed by atoms with Gasteiger partial charge in [-0.25, -0.2) is 4.98 Å². The molecule has 5 nitrogen and oxygen atoms in total. The first-order valence-electron chi connectivity index (χ1n) is 7.23. The molecular weight excluding hydrogens is 347 g/mol. The molecule has 120 valence electrons. The van der Waals surface area contributed by atoms with Crippen molar-refractivity contribution in [2.45, 2.75) is 0 Å². The summed E-state index contributed by atoms with van der Waals surface area (Å²) in [4.78, 5) is 9.27. The number of benzene rings is 2. The van der Waals surface area contributed by atoms with Crippen molar-refractivity contribution in [3.05, 3.63) is 64.1 Å². The lowest BCUT2D eigenvalue weighted by atomic mass is 10.2. The van der Waals surface area contributed by atoms with E-state index in [0.717, 1.165) is 11.0 Å². The lowest BCUT2D eigenvalue weighted by Gasteiger charge is -2.19. The summed E-state index contributed by atoms with van der Waals surface area (Å²) in [5.41, 5.74) is 2.71. The van der Waals surface area contributed by atoms with Crippen LogP contribution >= 0.6 is 23.2 Å². The fourth-order valence-corrected chi connectivity index (χ4v) is 3.07. The highest BCUT2D eigenvalue weighted by atomic mass is 35.5. The van der Waals surface area contributed by atoms with E-state index in [9.17, 15) is 5.11 Å². The largest absolute Gasteiger partial charge is 0.509 e. The third-order valence-corrected chi connectivity index (χ3v) is 4.68. The van der Waals surface area contributed by atoms with Gasteiger partial charge in [0.2, 0.25) is 0 Å². The van der Waals surface area contributed by atoms with Crippen molar-refractivity contribution >= 4 is 51.3 Å². The molecule has 0 saturated carbocycles. The van der Waals surface area contributed by atoms with Gasteiger partial charge in [-0.1, -0.05) is 35.3 Å². The number of rotatable bonds is 2. The van der Waals surface area contributed by atoms with Gasteiger partial charge in [-0.05, 0) is 30.3 Å². The molecule has 0 fully saturated rings. The third-order valence-electron chi connectivity index (χ3n) is 3.94. The van der Waals surface area contributed by atoms with Crippen molar-refractivity contribution in [2.75, 3.05) is 11.4 Å². The highest BCUT2D eigenvalue weighted by Crippen LogP contribution is 2.33. The van der Waals surface area contributed by atoms with Crippen molar-refractivity contribution < 1.29 is 5.11 Å². The number of halogens is 2. The van der Waals surface area contributed by atoms with Gasteiger partial charge < -0.3 is 15.0 Å². The summed E-state index contributed by atoms with van der Waals surface area (Å²) in [6.45, 7) is 0.184. The highest BCUT2D eigenvalue weighted by Gasteiger charge is 2.31. The Morgan fingerprint density at radius 3 is 2.67 bits per heavy atom. The number of hydrogen-bond acceptors (Lipinski definition) is 3. The second kappa shape index (κ2) is 5.54. The number of aliphatic hydroxyl groups is 1. The van der Waals surface area contributed by atoms with E-state index in [1.54, 1.807) is 23.1 Å². The molecule has 1 aromatic heterocycles. The molecule has 0 amide bonds. The Bertz CT molecular complexity index is 976. The van der Waals surface area contributed by atoms with Gasteiger partial charge in [-0.3, -0.25) is 5.41 Å². The van der Waals surface area contributed by atoms with Gasteiger partial charge >= 0.3 is 0 Å². The molecule has 2 heterocycles. The molecular formula is C17H12Cl2N4O. The number of aromatic amines is 1. The molecule has 0 saturated heterocycles. The third kappa shape index (κ3) is 2.33. The summed E-state index contributed by atoms with van der Waals surface area (Å²) in [5, 5.41) is 19.7. The number of nitrogens with one attached hydrogen (secondary N) is 2. The molecule has 2 aromatic carbocycles. The predicted molar refractivity (Wildman–Crippen MR) is 97.2 cm³/mol. The monoisotopic (exact) mass is 358 g/mol. The van der Waals surface area contributed by atoms with Crippen LogP contribution in [-0.4, -0.2) is 27.5 Å². The Kier molecular flexibility index (Phi) is 3.48. The number of anilines is 1. The highest BCUT2D eigenvalue weighted by molar-refractivity contribution is 6.42. The number of hydrogen-bond donors (Lipinski definition) is 3. The summed E-state index contributed by atoms with van der Waals surface area (Å²) < 4.78 is 0. The zero-order valence-electron chi connectivity index (χ0n) is 12.3. The molecule has 7 heteroatoms. The van der Waals surface area contributed by atoms with Gasteiger partial charge in [-0.2, -0.15) is 0 Å². The summed E-state index contributed by atoms with van der Waals surface area (Å²) in [6, 6.07) is 12.7. The number of aromatic nitrogens is 2. The fraction of sp³-hybridized carbons (Fsp3) is 0.0588. The lowest BCUT2D eigenvalue weighted by molar-refractivity contribution is 0.411. The zero-order chi connectivity index (χ0) is 16.8. The number of imidazole rings is 1. The van der Waals surface area contributed by atoms with Crippen molar-refractivity contribution in [3.8, 4) is 0 Å². The van der Waals surface area contributed by atoms with E-state index in [1.165, 1.54) is 0 Å². The summed E-state index contributed by atoms with van der Waals surface area (Å²) in [6.07, 6.45) is 0. The van der Waals surface area contributed by atoms with Crippen LogP contribution < -0.4 is 4.90 Å². The van der Waals surface area contributed by atoms with E-state index in [2.05, 4.69) is 9.97 Å². The molecule has 0 spiro atoms. The normalized spacial score (nSPS) is 14.9. The summed E-state index contributed by atoms with van der Waals surface area (Å²) in [5.74, 6) is 0.719. The van der Waals surface area contributed by atoms with Gasteiger partial charge in [0.25, 0.3) is 0 Å². The maximum atomic E-state index is 10.4. The maximum absolute atomic E-state index is 10.4. The van der Waals surface area contributed by atoms with Crippen LogP contribution in [-0.2, 0) is 0 Å². The lowest BCUT2D eigenvalue weighted by Crippen LogP contribution is -2.26. The van der Waals surface area contributed by atoms with E-state index in [0.29, 0.717) is 27.1 Å². The Balaban J connectivity index is 1.73. The van der Waals surface area contributed by atoms with Crippen LogP contribution in [0, 0.1) is 5.41 Å². The molecule has 1 aliphatic heterocycles. The zero-order valence-corrected chi connectivity index (χ0v) is 13.9. The molecule has 0 atom stereocenters. The number of para-hydroxylation sites is 2. The van der Waals surface area contributed by atoms with Crippen molar-refractivity contribution in [3.63, 3.8) is 0 Å². The van der Waals surface area contributed by atoms with Gasteiger partial charge in [0.1, 0.15) is 17.4 Å². The smallest absolute Gasteiger partial charge is 0.145 e. The molecule has 24 heavy (non-hydrogen) atoms. The van der Waals surface area contributed by atoms with Gasteiger partial charge in [0, 0.05) is 5.69 Å². The minimum absolute atomic E-state index is 0.0881. The van der Waals surface area contributed by atoms with Crippen molar-refractivity contribution in [1.29, 1.82) is 5.41 Å². The van der Waals surface area contributed by atoms with Crippen molar-refractivity contribution in [1.82, 2.24) is 9.97 Å². The van der Waals surface area contributed by atoms with Crippen LogP contribution in [0.3, 0.4) is 0 Å². The average molecular weight is 359 g/mol. The molecule has 0 aliphatic carbocycles. The summed E-state index contributed by atoms with van der Waals surface area (Å²) >= 11 is 12.0. The molecule has 4 rings (SSSR count). The van der Waals surface area contributed by atoms with Crippen LogP contribution in [0.25, 0.3) is 16.6 Å². The number of fused-ring (bicyclic) bond motifs is 1. The minimum atomic E-state index is 0.0881. The van der Waals surface area contributed by atoms with Crippen LogP contribution in [0.4, 0.5) is 5.69 Å². The number of aliphatic hydroxyl groups excluding tert-OH is 1. The maximum Gasteiger partial charge on any atom is 0.145 e. The quantitative estimate of drug-likeness (QED) is 0.624. The van der Waals surface area contributed by atoms with Crippen LogP contribution in [0.2, 0.25) is 10.0 Å². The Morgan fingerprint density at radius 2 is 1.92 bits per heavy atom. The first-order chi connectivity index (χ1) is 11.5. The second-order valence-corrected chi connectivity index (χ2v) is 6.27. The van der Waals surface area contributed by atoms with E-state index in [1.807, 2.05) is 24.3 Å². The Hall–Kier alpha value is -2.50. The SMILES string of the molecule is N=C1C(c2nc3ccccc3[nH]2)=C(O)CN1c1ccc(Cl)c(Cl)c1. The molecule has 3 aromatic rings. The standard InChI is InChI=1S/C17H12Cl2N4O/c18-10-6-5-9(7-11(10)19)23-8-14(24)15(16(23)20)17-21-12-3-1-2-4-13(12)22-17/h1-7,20,24H,8H2,(H,21,22). The van der Waals surface area contributed by atoms with Crippen molar-refractivity contribution in [2.24, 2.45) is 0 Å². The molecule has 0 unspecified atom stereocenters.